The molecule has 5 heteroatoms. The van der Waals surface area contributed by atoms with Crippen LogP contribution in [-0.4, -0.2) is 72.3 Å². The molecule has 2 aliphatic heterocycles. The van der Waals surface area contributed by atoms with Crippen molar-refractivity contribution in [3.8, 4) is 0 Å². The molecule has 2 heterocycles. The molecule has 0 aliphatic carbocycles. The van der Waals surface area contributed by atoms with Crippen LogP contribution in [0.4, 0.5) is 0 Å². The molecule has 1 spiro atoms. The summed E-state index contributed by atoms with van der Waals surface area (Å²) in [4.78, 5) is 30.2. The Morgan fingerprint density at radius 3 is 2.65 bits per heavy atom. The molecule has 0 bridgehead atoms. The third kappa shape index (κ3) is 3.14. The van der Waals surface area contributed by atoms with Crippen molar-refractivity contribution < 1.29 is 9.59 Å². The van der Waals surface area contributed by atoms with Gasteiger partial charge >= 0.3 is 0 Å². The van der Waals surface area contributed by atoms with E-state index in [4.69, 9.17) is 0 Å². The van der Waals surface area contributed by atoms with E-state index >= 15 is 0 Å². The molecule has 2 saturated heterocycles. The summed E-state index contributed by atoms with van der Waals surface area (Å²) in [5.41, 5.74) is -0.102. The van der Waals surface area contributed by atoms with Crippen LogP contribution in [0.5, 0.6) is 0 Å². The number of rotatable bonds is 3. The number of piperidine rings is 2. The van der Waals surface area contributed by atoms with E-state index < -0.39 is 0 Å². The quantitative estimate of drug-likeness (QED) is 0.773. The van der Waals surface area contributed by atoms with Crippen molar-refractivity contribution in [2.24, 2.45) is 0 Å². The second-order valence-corrected chi connectivity index (χ2v) is 6.47. The summed E-state index contributed by atoms with van der Waals surface area (Å²) < 4.78 is 0. The summed E-state index contributed by atoms with van der Waals surface area (Å²) in [6.07, 6.45) is 4.70. The highest BCUT2D eigenvalue weighted by Gasteiger charge is 2.45. The predicted octanol–water partition coefficient (Wildman–Crippen LogP) is 0.942. The Hall–Kier alpha value is -1.10. The van der Waals surface area contributed by atoms with Gasteiger partial charge in [-0.1, -0.05) is 0 Å². The molecular formula is C15H27N3O2. The summed E-state index contributed by atoms with van der Waals surface area (Å²) in [5.74, 6) is 0.401. The summed E-state index contributed by atoms with van der Waals surface area (Å²) >= 11 is 0. The molecule has 1 atom stereocenters. The van der Waals surface area contributed by atoms with Crippen molar-refractivity contribution in [2.45, 2.75) is 44.6 Å². The largest absolute Gasteiger partial charge is 0.341 e. The first-order valence-electron chi connectivity index (χ1n) is 7.65. The molecule has 114 valence electrons. The van der Waals surface area contributed by atoms with Gasteiger partial charge in [-0.3, -0.25) is 9.59 Å². The standard InChI is InChI=1S/C15H27N3O2/c1-13(19)17-9-5-8-15(12-17)7-4-6-14(20)18(15)11-10-16(2)3/h4-12H2,1-3H3. The van der Waals surface area contributed by atoms with E-state index in [0.29, 0.717) is 6.42 Å². The molecule has 0 aromatic heterocycles. The van der Waals surface area contributed by atoms with Crippen LogP contribution in [0, 0.1) is 0 Å². The first-order valence-corrected chi connectivity index (χ1v) is 7.65. The molecule has 1 unspecified atom stereocenters. The van der Waals surface area contributed by atoms with Gasteiger partial charge < -0.3 is 14.7 Å². The molecule has 0 aromatic carbocycles. The lowest BCUT2D eigenvalue weighted by molar-refractivity contribution is -0.150. The topological polar surface area (TPSA) is 43.9 Å². The molecule has 2 rings (SSSR count). The molecule has 0 saturated carbocycles. The van der Waals surface area contributed by atoms with Crippen LogP contribution in [0.1, 0.15) is 39.0 Å². The number of hydrogen-bond acceptors (Lipinski definition) is 3. The fourth-order valence-electron chi connectivity index (χ4n) is 3.57. The lowest BCUT2D eigenvalue weighted by atomic mass is 9.79. The lowest BCUT2D eigenvalue weighted by Gasteiger charge is -2.52. The zero-order valence-corrected chi connectivity index (χ0v) is 13.0. The minimum absolute atomic E-state index is 0.102. The van der Waals surface area contributed by atoms with Gasteiger partial charge in [0.25, 0.3) is 0 Å². The second-order valence-electron chi connectivity index (χ2n) is 6.47. The Morgan fingerprint density at radius 2 is 2.00 bits per heavy atom. The first kappa shape index (κ1) is 15.3. The first-order chi connectivity index (χ1) is 9.44. The maximum Gasteiger partial charge on any atom is 0.223 e. The Balaban J connectivity index is 2.15. The van der Waals surface area contributed by atoms with Crippen molar-refractivity contribution in [2.75, 3.05) is 40.3 Å². The van der Waals surface area contributed by atoms with Gasteiger partial charge in [0.05, 0.1) is 5.54 Å². The smallest absolute Gasteiger partial charge is 0.223 e. The highest BCUT2D eigenvalue weighted by molar-refractivity contribution is 5.78. The predicted molar refractivity (Wildman–Crippen MR) is 78.3 cm³/mol. The molecule has 0 radical (unpaired) electrons. The Bertz CT molecular complexity index is 379. The summed E-state index contributed by atoms with van der Waals surface area (Å²) in [6.45, 7) is 4.85. The van der Waals surface area contributed by atoms with Gasteiger partial charge in [-0.2, -0.15) is 0 Å². The minimum atomic E-state index is -0.102. The van der Waals surface area contributed by atoms with Gasteiger partial charge in [-0.05, 0) is 39.8 Å². The number of carbonyl (C=O) groups is 2. The second kappa shape index (κ2) is 6.12. The molecule has 5 nitrogen and oxygen atoms in total. The van der Waals surface area contributed by atoms with Crippen molar-refractivity contribution in [1.82, 2.24) is 14.7 Å². The maximum absolute atomic E-state index is 12.4. The van der Waals surface area contributed by atoms with E-state index in [9.17, 15) is 9.59 Å². The van der Waals surface area contributed by atoms with E-state index in [1.54, 1.807) is 6.92 Å². The van der Waals surface area contributed by atoms with Crippen molar-refractivity contribution in [3.05, 3.63) is 0 Å². The van der Waals surface area contributed by atoms with Gasteiger partial charge in [0.2, 0.25) is 11.8 Å². The minimum Gasteiger partial charge on any atom is -0.341 e. The van der Waals surface area contributed by atoms with Crippen LogP contribution >= 0.6 is 0 Å². The number of hydrogen-bond donors (Lipinski definition) is 0. The third-order valence-electron chi connectivity index (χ3n) is 4.68. The van der Waals surface area contributed by atoms with Crippen LogP contribution in [0.3, 0.4) is 0 Å². The number of likely N-dealkylation sites (N-methyl/N-ethyl adjacent to an activating group) is 1. The molecule has 2 fully saturated rings. The van der Waals surface area contributed by atoms with Crippen molar-refractivity contribution in [3.63, 3.8) is 0 Å². The summed E-state index contributed by atoms with van der Waals surface area (Å²) in [7, 11) is 4.06. The molecule has 2 aliphatic rings. The normalized spacial score (nSPS) is 27.5. The molecule has 2 amide bonds. The number of amides is 2. The summed E-state index contributed by atoms with van der Waals surface area (Å²) in [5, 5.41) is 0. The zero-order valence-electron chi connectivity index (χ0n) is 13.0. The van der Waals surface area contributed by atoms with Crippen molar-refractivity contribution in [1.29, 1.82) is 0 Å². The lowest BCUT2D eigenvalue weighted by Crippen LogP contribution is -2.63. The van der Waals surface area contributed by atoms with Gasteiger partial charge in [0, 0.05) is 39.5 Å². The van der Waals surface area contributed by atoms with E-state index in [-0.39, 0.29) is 17.4 Å². The molecule has 0 N–H and O–H groups in total. The zero-order chi connectivity index (χ0) is 14.8. The maximum atomic E-state index is 12.4. The monoisotopic (exact) mass is 281 g/mol. The van der Waals surface area contributed by atoms with Gasteiger partial charge in [0.15, 0.2) is 0 Å². The van der Waals surface area contributed by atoms with Crippen LogP contribution in [-0.2, 0) is 9.59 Å². The van der Waals surface area contributed by atoms with E-state index in [1.165, 1.54) is 0 Å². The number of carbonyl (C=O) groups excluding carboxylic acids is 2. The van der Waals surface area contributed by atoms with Crippen LogP contribution in [0.25, 0.3) is 0 Å². The van der Waals surface area contributed by atoms with Gasteiger partial charge in [0.1, 0.15) is 0 Å². The van der Waals surface area contributed by atoms with E-state index in [2.05, 4.69) is 9.80 Å². The Morgan fingerprint density at radius 1 is 1.30 bits per heavy atom. The molecule has 20 heavy (non-hydrogen) atoms. The van der Waals surface area contributed by atoms with E-state index in [1.807, 2.05) is 19.0 Å². The number of nitrogens with zero attached hydrogens (tertiary/aromatic N) is 3. The van der Waals surface area contributed by atoms with Gasteiger partial charge in [-0.25, -0.2) is 0 Å². The molecular weight excluding hydrogens is 254 g/mol. The third-order valence-corrected chi connectivity index (χ3v) is 4.68. The average Bonchev–Trinajstić information content (AvgIpc) is 2.38. The number of likely N-dealkylation sites (tertiary alicyclic amines) is 2. The van der Waals surface area contributed by atoms with Crippen molar-refractivity contribution >= 4 is 11.8 Å². The highest BCUT2D eigenvalue weighted by atomic mass is 16.2. The SMILES string of the molecule is CC(=O)N1CCCC2(CCCC(=O)N2CCN(C)C)C1. The van der Waals surface area contributed by atoms with Gasteiger partial charge in [-0.15, -0.1) is 0 Å². The van der Waals surface area contributed by atoms with Crippen LogP contribution < -0.4 is 0 Å². The van der Waals surface area contributed by atoms with Crippen LogP contribution in [0.15, 0.2) is 0 Å². The molecule has 0 aromatic rings. The fraction of sp³-hybridized carbons (Fsp3) is 0.867. The summed E-state index contributed by atoms with van der Waals surface area (Å²) in [6, 6.07) is 0. The average molecular weight is 281 g/mol. The Labute approximate surface area is 121 Å². The van der Waals surface area contributed by atoms with Crippen LogP contribution in [0.2, 0.25) is 0 Å². The fourth-order valence-corrected chi connectivity index (χ4v) is 3.57. The Kier molecular flexibility index (Phi) is 4.68. The van der Waals surface area contributed by atoms with E-state index in [0.717, 1.165) is 51.9 Å². The highest BCUT2D eigenvalue weighted by Crippen LogP contribution is 2.36.